The number of carbonyl (C=O) groups excluding carboxylic acids is 2. The van der Waals surface area contributed by atoms with Gasteiger partial charge in [-0.1, -0.05) is 6.07 Å². The van der Waals surface area contributed by atoms with Gasteiger partial charge >= 0.3 is 6.09 Å². The molecule has 0 radical (unpaired) electrons. The number of halogens is 2. The fourth-order valence-corrected chi connectivity index (χ4v) is 1.75. The first kappa shape index (κ1) is 18.9. The van der Waals surface area contributed by atoms with Crippen LogP contribution in [0.25, 0.3) is 0 Å². The molecular weight excluding hydrogens is 306 g/mol. The van der Waals surface area contributed by atoms with E-state index in [4.69, 9.17) is 4.74 Å². The second-order valence-electron chi connectivity index (χ2n) is 6.27. The van der Waals surface area contributed by atoms with E-state index in [1.54, 1.807) is 27.7 Å². The third-order valence-corrected chi connectivity index (χ3v) is 2.93. The van der Waals surface area contributed by atoms with Crippen LogP contribution in [-0.4, -0.2) is 23.6 Å². The molecule has 7 heteroatoms. The Morgan fingerprint density at radius 1 is 1.09 bits per heavy atom. The number of hydrogen-bond acceptors (Lipinski definition) is 3. The molecule has 1 aromatic carbocycles. The van der Waals surface area contributed by atoms with Crippen molar-refractivity contribution in [2.45, 2.75) is 52.3 Å². The Bertz CT molecular complexity index is 585. The van der Waals surface area contributed by atoms with E-state index in [0.29, 0.717) is 5.56 Å². The summed E-state index contributed by atoms with van der Waals surface area (Å²) in [6.07, 6.45) is -0.708. The average Bonchev–Trinajstić information content (AvgIpc) is 2.39. The van der Waals surface area contributed by atoms with Gasteiger partial charge in [0.05, 0.1) is 6.04 Å². The van der Waals surface area contributed by atoms with E-state index in [-0.39, 0.29) is 0 Å². The fourth-order valence-electron chi connectivity index (χ4n) is 1.75. The molecule has 0 aromatic heterocycles. The number of hydrogen-bond donors (Lipinski definition) is 2. The zero-order chi connectivity index (χ0) is 17.8. The number of rotatable bonds is 4. The standard InChI is InChI=1S/C16H22F2N2O3/c1-9(11-6-7-12(17)13(18)8-11)19-14(21)10(2)20-15(22)23-16(3,4)5/h6-10H,1-5H3,(H,19,21)(H,20,22)/t9-,10-/m1/s1. The lowest BCUT2D eigenvalue weighted by atomic mass is 10.1. The molecule has 0 bridgehead atoms. The molecule has 0 aliphatic carbocycles. The Morgan fingerprint density at radius 2 is 1.70 bits per heavy atom. The molecule has 2 atom stereocenters. The highest BCUT2D eigenvalue weighted by Gasteiger charge is 2.22. The van der Waals surface area contributed by atoms with E-state index in [9.17, 15) is 18.4 Å². The number of amides is 2. The highest BCUT2D eigenvalue weighted by Crippen LogP contribution is 2.16. The molecule has 0 aliphatic rings. The largest absolute Gasteiger partial charge is 0.444 e. The van der Waals surface area contributed by atoms with Gasteiger partial charge in [-0.15, -0.1) is 0 Å². The number of benzene rings is 1. The van der Waals surface area contributed by atoms with E-state index in [0.717, 1.165) is 12.1 Å². The number of ether oxygens (including phenoxy) is 1. The first-order valence-electron chi connectivity index (χ1n) is 7.24. The lowest BCUT2D eigenvalue weighted by molar-refractivity contribution is -0.123. The van der Waals surface area contributed by atoms with Crippen molar-refractivity contribution in [1.29, 1.82) is 0 Å². The Balaban J connectivity index is 2.60. The van der Waals surface area contributed by atoms with E-state index in [2.05, 4.69) is 10.6 Å². The highest BCUT2D eigenvalue weighted by atomic mass is 19.2. The molecule has 0 heterocycles. The van der Waals surface area contributed by atoms with E-state index in [1.807, 2.05) is 0 Å². The Labute approximate surface area is 134 Å². The molecule has 23 heavy (non-hydrogen) atoms. The molecule has 5 nitrogen and oxygen atoms in total. The normalized spacial score (nSPS) is 13.9. The van der Waals surface area contributed by atoms with E-state index in [1.165, 1.54) is 13.0 Å². The molecule has 1 aromatic rings. The lowest BCUT2D eigenvalue weighted by Crippen LogP contribution is -2.47. The molecule has 0 fully saturated rings. The van der Waals surface area contributed by atoms with Crippen LogP contribution in [-0.2, 0) is 9.53 Å². The summed E-state index contributed by atoms with van der Waals surface area (Å²) in [7, 11) is 0. The molecule has 128 valence electrons. The average molecular weight is 328 g/mol. The Hall–Kier alpha value is -2.18. The van der Waals surface area contributed by atoms with Gasteiger partial charge < -0.3 is 15.4 Å². The van der Waals surface area contributed by atoms with Gasteiger partial charge in [-0.05, 0) is 52.3 Å². The van der Waals surface area contributed by atoms with Crippen molar-refractivity contribution in [2.24, 2.45) is 0 Å². The number of nitrogens with one attached hydrogen (secondary N) is 2. The second-order valence-corrected chi connectivity index (χ2v) is 6.27. The van der Waals surface area contributed by atoms with Gasteiger partial charge in [0.2, 0.25) is 5.91 Å². The van der Waals surface area contributed by atoms with Crippen LogP contribution in [0.4, 0.5) is 13.6 Å². The molecule has 0 saturated carbocycles. The van der Waals surface area contributed by atoms with Crippen molar-refractivity contribution in [3.05, 3.63) is 35.4 Å². The topological polar surface area (TPSA) is 67.4 Å². The maximum Gasteiger partial charge on any atom is 0.408 e. The summed E-state index contributed by atoms with van der Waals surface area (Å²) in [5.74, 6) is -2.40. The van der Waals surface area contributed by atoms with Gasteiger partial charge in [0.1, 0.15) is 11.6 Å². The Morgan fingerprint density at radius 3 is 2.22 bits per heavy atom. The molecule has 0 saturated heterocycles. The summed E-state index contributed by atoms with van der Waals surface area (Å²) in [5.41, 5.74) is -0.249. The summed E-state index contributed by atoms with van der Waals surface area (Å²) in [5, 5.41) is 5.02. The van der Waals surface area contributed by atoms with Crippen LogP contribution < -0.4 is 10.6 Å². The van der Waals surface area contributed by atoms with Crippen LogP contribution in [0.1, 0.15) is 46.2 Å². The zero-order valence-corrected chi connectivity index (χ0v) is 13.9. The van der Waals surface area contributed by atoms with Crippen molar-refractivity contribution >= 4 is 12.0 Å². The van der Waals surface area contributed by atoms with Crippen molar-refractivity contribution in [3.8, 4) is 0 Å². The van der Waals surface area contributed by atoms with Crippen molar-refractivity contribution in [2.75, 3.05) is 0 Å². The third-order valence-electron chi connectivity index (χ3n) is 2.93. The summed E-state index contributed by atoms with van der Waals surface area (Å²) in [6, 6.07) is 2.02. The van der Waals surface area contributed by atoms with Gasteiger partial charge in [0, 0.05) is 0 Å². The van der Waals surface area contributed by atoms with Gasteiger partial charge in [0.25, 0.3) is 0 Å². The second kappa shape index (κ2) is 7.39. The summed E-state index contributed by atoms with van der Waals surface area (Å²) >= 11 is 0. The minimum atomic E-state index is -0.983. The van der Waals surface area contributed by atoms with Crippen LogP contribution >= 0.6 is 0 Å². The predicted molar refractivity (Wildman–Crippen MR) is 81.7 cm³/mol. The SMILES string of the molecule is C[C@@H](NC(=O)OC(C)(C)C)C(=O)N[C@H](C)c1ccc(F)c(F)c1. The molecule has 0 aliphatic heterocycles. The predicted octanol–water partition coefficient (Wildman–Crippen LogP) is 3.06. The van der Waals surface area contributed by atoms with Crippen molar-refractivity contribution in [1.82, 2.24) is 10.6 Å². The van der Waals surface area contributed by atoms with Gasteiger partial charge in [-0.3, -0.25) is 4.79 Å². The molecule has 0 spiro atoms. The molecule has 0 unspecified atom stereocenters. The smallest absolute Gasteiger partial charge is 0.408 e. The molecule has 2 N–H and O–H groups in total. The first-order valence-corrected chi connectivity index (χ1v) is 7.24. The Kier molecular flexibility index (Phi) is 6.06. The summed E-state index contributed by atoms with van der Waals surface area (Å²) < 4.78 is 31.2. The van der Waals surface area contributed by atoms with Crippen LogP contribution in [0.5, 0.6) is 0 Å². The van der Waals surface area contributed by atoms with Crippen LogP contribution in [0.3, 0.4) is 0 Å². The number of alkyl carbamates (subject to hydrolysis) is 1. The van der Waals surface area contributed by atoms with E-state index >= 15 is 0 Å². The zero-order valence-electron chi connectivity index (χ0n) is 13.9. The lowest BCUT2D eigenvalue weighted by Gasteiger charge is -2.22. The van der Waals surface area contributed by atoms with Gasteiger partial charge in [0.15, 0.2) is 11.6 Å². The van der Waals surface area contributed by atoms with E-state index < -0.39 is 41.3 Å². The minimum Gasteiger partial charge on any atom is -0.444 e. The molecule has 2 amide bonds. The fraction of sp³-hybridized carbons (Fsp3) is 0.500. The van der Waals surface area contributed by atoms with Gasteiger partial charge in [-0.2, -0.15) is 0 Å². The number of carbonyl (C=O) groups is 2. The molecule has 1 rings (SSSR count). The minimum absolute atomic E-state index is 0.418. The highest BCUT2D eigenvalue weighted by molar-refractivity contribution is 5.85. The third kappa shape index (κ3) is 6.22. The monoisotopic (exact) mass is 328 g/mol. The summed E-state index contributed by atoms with van der Waals surface area (Å²) in [4.78, 5) is 23.6. The summed E-state index contributed by atoms with van der Waals surface area (Å²) in [6.45, 7) is 8.26. The quantitative estimate of drug-likeness (QED) is 0.892. The van der Waals surface area contributed by atoms with Gasteiger partial charge in [-0.25, -0.2) is 13.6 Å². The molecular formula is C16H22F2N2O3. The van der Waals surface area contributed by atoms with Crippen LogP contribution in [0.15, 0.2) is 18.2 Å². The van der Waals surface area contributed by atoms with Crippen molar-refractivity contribution in [3.63, 3.8) is 0 Å². The van der Waals surface area contributed by atoms with Crippen molar-refractivity contribution < 1.29 is 23.1 Å². The maximum atomic E-state index is 13.2. The maximum absolute atomic E-state index is 13.2. The van der Waals surface area contributed by atoms with Crippen LogP contribution in [0, 0.1) is 11.6 Å². The first-order chi connectivity index (χ1) is 10.5. The van der Waals surface area contributed by atoms with Crippen LogP contribution in [0.2, 0.25) is 0 Å².